The standard InChI is InChI=1S/C20H31N3OS.HI/c1-3-21-19(22-14-20(24)10-12-25-15-20)23-11-9-18(16(2)13-23)17-7-5-4-6-8-17;/h4-8,16,18,24H,3,9-15H2,1-2H3,(H,21,22);1H. The zero-order valence-electron chi connectivity index (χ0n) is 15.9. The van der Waals surface area contributed by atoms with Gasteiger partial charge in [-0.3, -0.25) is 4.99 Å². The summed E-state index contributed by atoms with van der Waals surface area (Å²) in [4.78, 5) is 7.17. The summed E-state index contributed by atoms with van der Waals surface area (Å²) >= 11 is 1.83. The fourth-order valence-electron chi connectivity index (χ4n) is 3.90. The Hall–Kier alpha value is -0.470. The molecule has 0 amide bonds. The van der Waals surface area contributed by atoms with Gasteiger partial charge in [-0.05, 0) is 42.9 Å². The average molecular weight is 489 g/mol. The van der Waals surface area contributed by atoms with Gasteiger partial charge in [-0.15, -0.1) is 24.0 Å². The number of hydrogen-bond donors (Lipinski definition) is 2. The highest BCUT2D eigenvalue weighted by molar-refractivity contribution is 14.0. The molecule has 0 spiro atoms. The van der Waals surface area contributed by atoms with Crippen molar-refractivity contribution in [1.82, 2.24) is 10.2 Å². The molecule has 0 radical (unpaired) electrons. The van der Waals surface area contributed by atoms with Crippen LogP contribution >= 0.6 is 35.7 Å². The lowest BCUT2D eigenvalue weighted by atomic mass is 9.82. The van der Waals surface area contributed by atoms with Crippen LogP contribution in [0, 0.1) is 5.92 Å². The van der Waals surface area contributed by atoms with Gasteiger partial charge in [0.15, 0.2) is 5.96 Å². The lowest BCUT2D eigenvalue weighted by Crippen LogP contribution is -2.48. The Morgan fingerprint density at radius 2 is 2.15 bits per heavy atom. The second-order valence-electron chi connectivity index (χ2n) is 7.43. The molecule has 4 nitrogen and oxygen atoms in total. The number of thioether (sulfide) groups is 1. The van der Waals surface area contributed by atoms with Crippen LogP contribution in [-0.4, -0.2) is 59.3 Å². The van der Waals surface area contributed by atoms with Crippen LogP contribution in [0.1, 0.15) is 38.2 Å². The number of aliphatic hydroxyl groups is 1. The van der Waals surface area contributed by atoms with Gasteiger partial charge in [0.1, 0.15) is 0 Å². The van der Waals surface area contributed by atoms with Gasteiger partial charge in [0.25, 0.3) is 0 Å². The van der Waals surface area contributed by atoms with E-state index in [9.17, 15) is 5.11 Å². The van der Waals surface area contributed by atoms with Crippen molar-refractivity contribution in [2.75, 3.05) is 37.7 Å². The van der Waals surface area contributed by atoms with E-state index >= 15 is 0 Å². The Morgan fingerprint density at radius 1 is 1.38 bits per heavy atom. The van der Waals surface area contributed by atoms with E-state index in [-0.39, 0.29) is 24.0 Å². The summed E-state index contributed by atoms with van der Waals surface area (Å²) in [6.07, 6.45) is 2.00. The van der Waals surface area contributed by atoms with Gasteiger partial charge in [0.2, 0.25) is 0 Å². The maximum absolute atomic E-state index is 10.6. The van der Waals surface area contributed by atoms with Crippen LogP contribution in [0.15, 0.2) is 35.3 Å². The number of piperidine rings is 1. The summed E-state index contributed by atoms with van der Waals surface area (Å²) in [5.74, 6) is 4.02. The summed E-state index contributed by atoms with van der Waals surface area (Å²) in [6.45, 7) is 7.85. The molecular formula is C20H32IN3OS. The fourth-order valence-corrected chi connectivity index (χ4v) is 5.19. The monoisotopic (exact) mass is 489 g/mol. The van der Waals surface area contributed by atoms with Gasteiger partial charge in [0.05, 0.1) is 12.1 Å². The molecule has 0 aliphatic carbocycles. The maximum Gasteiger partial charge on any atom is 0.194 e. The third-order valence-corrected chi connectivity index (χ3v) is 6.61. The van der Waals surface area contributed by atoms with E-state index in [1.807, 2.05) is 11.8 Å². The van der Waals surface area contributed by atoms with Crippen molar-refractivity contribution in [3.8, 4) is 0 Å². The molecule has 2 aliphatic rings. The van der Waals surface area contributed by atoms with Gasteiger partial charge in [-0.25, -0.2) is 0 Å². The molecule has 3 unspecified atom stereocenters. The van der Waals surface area contributed by atoms with E-state index in [0.29, 0.717) is 18.4 Å². The van der Waals surface area contributed by atoms with Gasteiger partial charge in [-0.2, -0.15) is 11.8 Å². The smallest absolute Gasteiger partial charge is 0.194 e. The first-order valence-electron chi connectivity index (χ1n) is 9.49. The molecule has 3 atom stereocenters. The molecule has 2 N–H and O–H groups in total. The van der Waals surface area contributed by atoms with E-state index in [1.165, 1.54) is 5.56 Å². The molecule has 2 heterocycles. The molecule has 3 rings (SSSR count). The molecule has 2 fully saturated rings. The van der Waals surface area contributed by atoms with Gasteiger partial charge < -0.3 is 15.3 Å². The highest BCUT2D eigenvalue weighted by Gasteiger charge is 2.33. The van der Waals surface area contributed by atoms with Crippen LogP contribution in [0.4, 0.5) is 0 Å². The Labute approximate surface area is 179 Å². The van der Waals surface area contributed by atoms with E-state index in [1.54, 1.807) is 0 Å². The molecule has 2 aliphatic heterocycles. The Kier molecular flexibility index (Phi) is 8.54. The summed E-state index contributed by atoms with van der Waals surface area (Å²) in [7, 11) is 0. The van der Waals surface area contributed by atoms with Crippen LogP contribution < -0.4 is 5.32 Å². The predicted molar refractivity (Wildman–Crippen MR) is 123 cm³/mol. The number of benzene rings is 1. The Bertz CT molecular complexity index is 578. The van der Waals surface area contributed by atoms with Crippen molar-refractivity contribution < 1.29 is 5.11 Å². The van der Waals surface area contributed by atoms with E-state index in [0.717, 1.165) is 49.9 Å². The molecule has 6 heteroatoms. The summed E-state index contributed by atoms with van der Waals surface area (Å²) in [5, 5.41) is 14.0. The fraction of sp³-hybridized carbons (Fsp3) is 0.650. The Morgan fingerprint density at radius 3 is 2.77 bits per heavy atom. The van der Waals surface area contributed by atoms with Gasteiger partial charge in [0, 0.05) is 25.4 Å². The molecule has 1 aromatic carbocycles. The highest BCUT2D eigenvalue weighted by atomic mass is 127. The molecular weight excluding hydrogens is 457 g/mol. The molecule has 0 aromatic heterocycles. The summed E-state index contributed by atoms with van der Waals surface area (Å²) in [5.41, 5.74) is 0.841. The first kappa shape index (κ1) is 21.8. The summed E-state index contributed by atoms with van der Waals surface area (Å²) < 4.78 is 0. The average Bonchev–Trinajstić information content (AvgIpc) is 3.06. The number of halogens is 1. The minimum Gasteiger partial charge on any atom is -0.387 e. The van der Waals surface area contributed by atoms with Crippen molar-refractivity contribution in [1.29, 1.82) is 0 Å². The molecule has 0 saturated carbocycles. The number of hydrogen-bond acceptors (Lipinski definition) is 3. The molecule has 0 bridgehead atoms. The van der Waals surface area contributed by atoms with Crippen LogP contribution in [-0.2, 0) is 0 Å². The second kappa shape index (κ2) is 10.2. The quantitative estimate of drug-likeness (QED) is 0.386. The topological polar surface area (TPSA) is 47.9 Å². The zero-order chi connectivity index (χ0) is 17.7. The second-order valence-corrected chi connectivity index (χ2v) is 8.53. The third kappa shape index (κ3) is 5.52. The van der Waals surface area contributed by atoms with Gasteiger partial charge in [-0.1, -0.05) is 37.3 Å². The number of rotatable bonds is 4. The molecule has 2 saturated heterocycles. The van der Waals surface area contributed by atoms with E-state index in [4.69, 9.17) is 4.99 Å². The molecule has 1 aromatic rings. The number of likely N-dealkylation sites (tertiary alicyclic amines) is 1. The third-order valence-electron chi connectivity index (χ3n) is 5.37. The molecule has 146 valence electrons. The minimum absolute atomic E-state index is 0. The van der Waals surface area contributed by atoms with Crippen LogP contribution in [0.25, 0.3) is 0 Å². The first-order chi connectivity index (χ1) is 12.1. The SMILES string of the molecule is CCNC(=NCC1(O)CCSC1)N1CCC(c2ccccc2)C(C)C1.I. The minimum atomic E-state index is -0.612. The van der Waals surface area contributed by atoms with Crippen molar-refractivity contribution in [3.63, 3.8) is 0 Å². The number of aliphatic imine (C=N–C) groups is 1. The van der Waals surface area contributed by atoms with Crippen LogP contribution in [0.2, 0.25) is 0 Å². The normalized spacial score (nSPS) is 29.3. The van der Waals surface area contributed by atoms with Crippen molar-refractivity contribution in [2.45, 2.75) is 38.2 Å². The predicted octanol–water partition coefficient (Wildman–Crippen LogP) is 3.56. The van der Waals surface area contributed by atoms with E-state index in [2.05, 4.69) is 54.4 Å². The van der Waals surface area contributed by atoms with Crippen molar-refractivity contribution in [2.24, 2.45) is 10.9 Å². The van der Waals surface area contributed by atoms with E-state index < -0.39 is 5.60 Å². The Balaban J connectivity index is 0.00000243. The lowest BCUT2D eigenvalue weighted by molar-refractivity contribution is 0.0774. The number of guanidine groups is 1. The largest absolute Gasteiger partial charge is 0.387 e. The maximum atomic E-state index is 10.6. The lowest BCUT2D eigenvalue weighted by Gasteiger charge is -2.39. The van der Waals surface area contributed by atoms with Crippen LogP contribution in [0.5, 0.6) is 0 Å². The van der Waals surface area contributed by atoms with Gasteiger partial charge >= 0.3 is 0 Å². The highest BCUT2D eigenvalue weighted by Crippen LogP contribution is 2.33. The number of nitrogens with zero attached hydrogens (tertiary/aromatic N) is 2. The summed E-state index contributed by atoms with van der Waals surface area (Å²) in [6, 6.07) is 10.9. The molecule has 26 heavy (non-hydrogen) atoms. The van der Waals surface area contributed by atoms with Crippen LogP contribution in [0.3, 0.4) is 0 Å². The zero-order valence-corrected chi connectivity index (χ0v) is 19.0. The van der Waals surface area contributed by atoms with Crippen molar-refractivity contribution in [3.05, 3.63) is 35.9 Å². The van der Waals surface area contributed by atoms with Crippen molar-refractivity contribution >= 4 is 41.7 Å². The first-order valence-corrected chi connectivity index (χ1v) is 10.6. The number of nitrogens with one attached hydrogen (secondary N) is 1.